The quantitative estimate of drug-likeness (QED) is 0.584. The van der Waals surface area contributed by atoms with Crippen LogP contribution in [0.5, 0.6) is 0 Å². The van der Waals surface area contributed by atoms with E-state index in [1.165, 1.54) is 10.7 Å². The molecule has 0 bridgehead atoms. The zero-order valence-corrected chi connectivity index (χ0v) is 16.8. The topological polar surface area (TPSA) is 89.3 Å². The first-order chi connectivity index (χ1) is 13.8. The third kappa shape index (κ3) is 4.88. The van der Waals surface area contributed by atoms with Crippen LogP contribution in [0.1, 0.15) is 39.2 Å². The SMILES string of the molecule is CC.CC.O=c1cc2[nH]nc(CCc3ncccn3)c2nn1-c1ccccc1. The molecule has 0 atom stereocenters. The molecule has 4 aromatic rings. The zero-order valence-electron chi connectivity index (χ0n) is 16.8. The maximum absolute atomic E-state index is 12.3. The summed E-state index contributed by atoms with van der Waals surface area (Å²) in [5, 5.41) is 11.7. The summed E-state index contributed by atoms with van der Waals surface area (Å²) in [5.41, 5.74) is 2.64. The van der Waals surface area contributed by atoms with Gasteiger partial charge in [-0.2, -0.15) is 14.9 Å². The van der Waals surface area contributed by atoms with Gasteiger partial charge in [-0.05, 0) is 18.2 Å². The van der Waals surface area contributed by atoms with E-state index in [1.54, 1.807) is 18.5 Å². The van der Waals surface area contributed by atoms with Crippen LogP contribution in [0.3, 0.4) is 0 Å². The van der Waals surface area contributed by atoms with Gasteiger partial charge in [0.2, 0.25) is 0 Å². The summed E-state index contributed by atoms with van der Waals surface area (Å²) < 4.78 is 1.39. The minimum absolute atomic E-state index is 0.199. The molecule has 146 valence electrons. The zero-order chi connectivity index (χ0) is 20.4. The van der Waals surface area contributed by atoms with Crippen molar-refractivity contribution in [2.24, 2.45) is 0 Å². The lowest BCUT2D eigenvalue weighted by atomic mass is 10.2. The largest absolute Gasteiger partial charge is 0.276 e. The van der Waals surface area contributed by atoms with Crippen molar-refractivity contribution in [3.05, 3.63) is 76.7 Å². The van der Waals surface area contributed by atoms with Crippen molar-refractivity contribution < 1.29 is 0 Å². The number of hydrogen-bond donors (Lipinski definition) is 1. The average molecular weight is 378 g/mol. The van der Waals surface area contributed by atoms with Gasteiger partial charge in [-0.25, -0.2) is 9.97 Å². The number of H-pyrrole nitrogens is 1. The van der Waals surface area contributed by atoms with Crippen LogP contribution in [-0.4, -0.2) is 29.9 Å². The molecule has 0 spiro atoms. The highest BCUT2D eigenvalue weighted by molar-refractivity contribution is 5.76. The average Bonchev–Trinajstić information content (AvgIpc) is 3.17. The molecule has 7 heteroatoms. The van der Waals surface area contributed by atoms with Crippen LogP contribution in [0.15, 0.2) is 59.7 Å². The minimum Gasteiger partial charge on any atom is -0.276 e. The second-order valence-electron chi connectivity index (χ2n) is 5.33. The number of aromatic nitrogens is 6. The Bertz CT molecular complexity index is 1030. The van der Waals surface area contributed by atoms with Crippen LogP contribution in [0.4, 0.5) is 0 Å². The van der Waals surface area contributed by atoms with E-state index in [0.717, 1.165) is 17.2 Å². The number of rotatable bonds is 4. The third-order valence-corrected chi connectivity index (χ3v) is 3.72. The molecule has 0 aliphatic rings. The molecule has 1 aromatic carbocycles. The highest BCUT2D eigenvalue weighted by Crippen LogP contribution is 2.14. The number of para-hydroxylation sites is 1. The number of fused-ring (bicyclic) bond motifs is 1. The summed E-state index contributed by atoms with van der Waals surface area (Å²) in [7, 11) is 0. The van der Waals surface area contributed by atoms with E-state index < -0.39 is 0 Å². The van der Waals surface area contributed by atoms with Gasteiger partial charge in [0.1, 0.15) is 11.3 Å². The fourth-order valence-corrected chi connectivity index (χ4v) is 2.55. The van der Waals surface area contributed by atoms with E-state index in [1.807, 2.05) is 58.0 Å². The van der Waals surface area contributed by atoms with Crippen LogP contribution in [0, 0.1) is 0 Å². The summed E-state index contributed by atoms with van der Waals surface area (Å²) in [6.07, 6.45) is 4.74. The van der Waals surface area contributed by atoms with Crippen LogP contribution in [0.2, 0.25) is 0 Å². The van der Waals surface area contributed by atoms with E-state index in [-0.39, 0.29) is 5.56 Å². The van der Waals surface area contributed by atoms with Crippen molar-refractivity contribution in [1.29, 1.82) is 0 Å². The summed E-state index contributed by atoms with van der Waals surface area (Å²) in [6, 6.07) is 12.6. The van der Waals surface area contributed by atoms with Gasteiger partial charge in [0.05, 0.1) is 16.9 Å². The Morgan fingerprint density at radius 1 is 0.929 bits per heavy atom. The van der Waals surface area contributed by atoms with E-state index >= 15 is 0 Å². The van der Waals surface area contributed by atoms with Crippen molar-refractivity contribution in [3.63, 3.8) is 0 Å². The summed E-state index contributed by atoms with van der Waals surface area (Å²) >= 11 is 0. The molecule has 7 nitrogen and oxygen atoms in total. The van der Waals surface area contributed by atoms with Gasteiger partial charge in [-0.15, -0.1) is 0 Å². The minimum atomic E-state index is -0.199. The van der Waals surface area contributed by atoms with Gasteiger partial charge < -0.3 is 0 Å². The molecule has 0 amide bonds. The molecular weight excluding hydrogens is 352 g/mol. The molecule has 0 unspecified atom stereocenters. The smallest absolute Gasteiger partial charge is 0.273 e. The number of nitrogens with one attached hydrogen (secondary N) is 1. The molecule has 0 aliphatic heterocycles. The van der Waals surface area contributed by atoms with E-state index in [2.05, 4.69) is 25.3 Å². The second-order valence-corrected chi connectivity index (χ2v) is 5.33. The number of aromatic amines is 1. The molecule has 3 aromatic heterocycles. The highest BCUT2D eigenvalue weighted by Gasteiger charge is 2.12. The first-order valence-corrected chi connectivity index (χ1v) is 9.60. The predicted molar refractivity (Wildman–Crippen MR) is 112 cm³/mol. The van der Waals surface area contributed by atoms with Crippen LogP contribution in [0.25, 0.3) is 16.7 Å². The molecule has 0 aliphatic carbocycles. The number of aryl methyl sites for hydroxylation is 2. The van der Waals surface area contributed by atoms with Crippen LogP contribution in [-0.2, 0) is 12.8 Å². The summed E-state index contributed by atoms with van der Waals surface area (Å²) in [5.74, 6) is 0.755. The number of benzene rings is 1. The van der Waals surface area contributed by atoms with Crippen molar-refractivity contribution in [3.8, 4) is 5.69 Å². The van der Waals surface area contributed by atoms with Gasteiger partial charge in [0, 0.05) is 31.3 Å². The van der Waals surface area contributed by atoms with E-state index in [0.29, 0.717) is 23.9 Å². The summed E-state index contributed by atoms with van der Waals surface area (Å²) in [6.45, 7) is 8.00. The molecule has 0 fully saturated rings. The lowest BCUT2D eigenvalue weighted by Crippen LogP contribution is -2.20. The third-order valence-electron chi connectivity index (χ3n) is 3.72. The maximum atomic E-state index is 12.3. The van der Waals surface area contributed by atoms with E-state index in [4.69, 9.17) is 0 Å². The predicted octanol–water partition coefficient (Wildman–Crippen LogP) is 3.74. The first-order valence-electron chi connectivity index (χ1n) is 9.60. The van der Waals surface area contributed by atoms with Crippen molar-refractivity contribution in [2.75, 3.05) is 0 Å². The first kappa shape index (κ1) is 21.0. The molecule has 28 heavy (non-hydrogen) atoms. The fourth-order valence-electron chi connectivity index (χ4n) is 2.55. The Morgan fingerprint density at radius 2 is 1.61 bits per heavy atom. The fraction of sp³-hybridized carbons (Fsp3) is 0.286. The Balaban J connectivity index is 0.000000660. The normalized spacial score (nSPS) is 9.86. The molecule has 0 saturated carbocycles. The van der Waals surface area contributed by atoms with Crippen molar-refractivity contribution >= 4 is 11.0 Å². The molecule has 0 saturated heterocycles. The number of hydrogen-bond acceptors (Lipinski definition) is 5. The molecule has 4 rings (SSSR count). The van der Waals surface area contributed by atoms with Gasteiger partial charge in [-0.3, -0.25) is 9.89 Å². The molecule has 1 N–H and O–H groups in total. The molecular formula is C21H26N6O. The Morgan fingerprint density at radius 3 is 2.29 bits per heavy atom. The maximum Gasteiger partial charge on any atom is 0.273 e. The second kappa shape index (κ2) is 10.7. The van der Waals surface area contributed by atoms with Crippen molar-refractivity contribution in [2.45, 2.75) is 40.5 Å². The van der Waals surface area contributed by atoms with Gasteiger partial charge in [0.15, 0.2) is 0 Å². The lowest BCUT2D eigenvalue weighted by Gasteiger charge is -2.04. The molecule has 3 heterocycles. The van der Waals surface area contributed by atoms with E-state index in [9.17, 15) is 4.79 Å². The standard InChI is InChI=1S/C17H14N6O.2C2H6/c24-16-11-14-17(22-23(16)12-5-2-1-3-6-12)13(20-21-14)7-8-15-18-9-4-10-19-15;2*1-2/h1-6,9-11,21H,7-8H2;2*1-2H3. The summed E-state index contributed by atoms with van der Waals surface area (Å²) in [4.78, 5) is 20.7. The Hall–Kier alpha value is -3.35. The van der Waals surface area contributed by atoms with Gasteiger partial charge >= 0.3 is 0 Å². The van der Waals surface area contributed by atoms with Crippen LogP contribution < -0.4 is 5.56 Å². The number of nitrogens with zero attached hydrogens (tertiary/aromatic N) is 5. The van der Waals surface area contributed by atoms with Gasteiger partial charge in [-0.1, -0.05) is 45.9 Å². The monoisotopic (exact) mass is 378 g/mol. The molecule has 0 radical (unpaired) electrons. The Labute approximate surface area is 164 Å². The van der Waals surface area contributed by atoms with Gasteiger partial charge in [0.25, 0.3) is 5.56 Å². The Kier molecular flexibility index (Phi) is 8.02. The van der Waals surface area contributed by atoms with Crippen molar-refractivity contribution in [1.82, 2.24) is 29.9 Å². The van der Waals surface area contributed by atoms with Crippen LogP contribution >= 0.6 is 0 Å². The highest BCUT2D eigenvalue weighted by atomic mass is 16.1. The lowest BCUT2D eigenvalue weighted by molar-refractivity contribution is 0.811.